The zero-order valence-corrected chi connectivity index (χ0v) is 14.5. The van der Waals surface area contributed by atoms with Gasteiger partial charge in [-0.2, -0.15) is 0 Å². The molecule has 1 heterocycles. The van der Waals surface area contributed by atoms with Crippen LogP contribution >= 0.6 is 0 Å². The zero-order chi connectivity index (χ0) is 18.1. The number of benzene rings is 2. The Morgan fingerprint density at radius 3 is 2.52 bits per heavy atom. The number of hydrogen-bond acceptors (Lipinski definition) is 3. The molecule has 0 fully saturated rings. The number of aliphatic carboxylic acids is 1. The second kappa shape index (κ2) is 6.59. The first-order chi connectivity index (χ1) is 12.0. The third kappa shape index (κ3) is 2.86. The molecule has 3 rings (SSSR count). The van der Waals surface area contributed by atoms with E-state index in [1.807, 2.05) is 26.0 Å². The molecule has 2 aromatic carbocycles. The van der Waals surface area contributed by atoms with Crippen molar-refractivity contribution in [3.8, 4) is 5.75 Å². The van der Waals surface area contributed by atoms with Crippen molar-refractivity contribution in [1.82, 2.24) is 4.90 Å². The Kier molecular flexibility index (Phi) is 4.49. The second-order valence-electron chi connectivity index (χ2n) is 6.43. The van der Waals surface area contributed by atoms with Gasteiger partial charge in [0.05, 0.1) is 13.2 Å². The Morgan fingerprint density at radius 1 is 1.16 bits per heavy atom. The summed E-state index contributed by atoms with van der Waals surface area (Å²) < 4.78 is 5.28. The lowest BCUT2D eigenvalue weighted by Crippen LogP contribution is -2.48. The quantitative estimate of drug-likeness (QED) is 0.926. The van der Waals surface area contributed by atoms with Crippen LogP contribution in [0.3, 0.4) is 0 Å². The fourth-order valence-electron chi connectivity index (χ4n) is 3.56. The maximum absolute atomic E-state index is 13.1. The molecule has 25 heavy (non-hydrogen) atoms. The summed E-state index contributed by atoms with van der Waals surface area (Å²) in [5.74, 6) is -1.28. The Hall–Kier alpha value is -2.82. The lowest BCUT2D eigenvalue weighted by Gasteiger charge is -2.43. The average Bonchev–Trinajstić information content (AvgIpc) is 2.60. The lowest BCUT2D eigenvalue weighted by atomic mass is 9.79. The van der Waals surface area contributed by atoms with Crippen LogP contribution in [0.25, 0.3) is 0 Å². The van der Waals surface area contributed by atoms with Crippen LogP contribution in [-0.4, -0.2) is 35.0 Å². The van der Waals surface area contributed by atoms with E-state index in [1.54, 1.807) is 48.4 Å². The Labute approximate surface area is 146 Å². The number of carboxylic acids is 1. The van der Waals surface area contributed by atoms with Gasteiger partial charge in [0.2, 0.25) is 0 Å². The van der Waals surface area contributed by atoms with Crippen molar-refractivity contribution in [3.63, 3.8) is 0 Å². The highest BCUT2D eigenvalue weighted by Gasteiger charge is 2.45. The van der Waals surface area contributed by atoms with Crippen molar-refractivity contribution >= 4 is 11.9 Å². The van der Waals surface area contributed by atoms with Crippen LogP contribution in [0, 0.1) is 0 Å². The van der Waals surface area contributed by atoms with Crippen molar-refractivity contribution in [1.29, 1.82) is 0 Å². The second-order valence-corrected chi connectivity index (χ2v) is 6.43. The predicted molar refractivity (Wildman–Crippen MR) is 93.9 cm³/mol. The highest BCUT2D eigenvalue weighted by atomic mass is 16.5. The standard InChI is InChI=1S/C20H21NO4/c1-12(2)21-18(13-7-6-8-14(11-13)25-3)17(20(23)24)15-9-4-5-10-16(15)19(21)22/h4-12,17-18H,1-3H3,(H,23,24). The summed E-state index contributed by atoms with van der Waals surface area (Å²) in [4.78, 5) is 26.9. The summed E-state index contributed by atoms with van der Waals surface area (Å²) in [5.41, 5.74) is 1.77. The van der Waals surface area contributed by atoms with Crippen molar-refractivity contribution in [2.75, 3.05) is 7.11 Å². The highest BCUT2D eigenvalue weighted by molar-refractivity contribution is 6.00. The van der Waals surface area contributed by atoms with Gasteiger partial charge in [0, 0.05) is 11.6 Å². The van der Waals surface area contributed by atoms with Gasteiger partial charge in [-0.05, 0) is 43.2 Å². The summed E-state index contributed by atoms with van der Waals surface area (Å²) >= 11 is 0. The van der Waals surface area contributed by atoms with Crippen LogP contribution in [0.2, 0.25) is 0 Å². The Balaban J connectivity index is 2.24. The molecular formula is C20H21NO4. The number of carboxylic acid groups (broad SMARTS) is 1. The number of fused-ring (bicyclic) bond motifs is 1. The minimum Gasteiger partial charge on any atom is -0.497 e. The first-order valence-corrected chi connectivity index (χ1v) is 8.24. The van der Waals surface area contributed by atoms with Gasteiger partial charge in [0.25, 0.3) is 5.91 Å². The summed E-state index contributed by atoms with van der Waals surface area (Å²) in [7, 11) is 1.56. The molecule has 1 N–H and O–H groups in total. The molecular weight excluding hydrogens is 318 g/mol. The van der Waals surface area contributed by atoms with Gasteiger partial charge in [-0.1, -0.05) is 30.3 Å². The van der Waals surface area contributed by atoms with E-state index in [4.69, 9.17) is 4.74 Å². The Bertz CT molecular complexity index is 815. The first kappa shape index (κ1) is 17.0. The number of carbonyl (C=O) groups excluding carboxylic acids is 1. The number of amides is 1. The first-order valence-electron chi connectivity index (χ1n) is 8.24. The molecule has 0 spiro atoms. The third-order valence-corrected chi connectivity index (χ3v) is 4.63. The normalized spacial score (nSPS) is 19.7. The van der Waals surface area contributed by atoms with Gasteiger partial charge < -0.3 is 14.7 Å². The molecule has 5 nitrogen and oxygen atoms in total. The van der Waals surface area contributed by atoms with Crippen molar-refractivity contribution in [2.24, 2.45) is 0 Å². The molecule has 5 heteroatoms. The Morgan fingerprint density at radius 2 is 1.88 bits per heavy atom. The SMILES string of the molecule is COc1cccc(C2C(C(=O)O)c3ccccc3C(=O)N2C(C)C)c1. The zero-order valence-electron chi connectivity index (χ0n) is 14.5. The average molecular weight is 339 g/mol. The highest BCUT2D eigenvalue weighted by Crippen LogP contribution is 2.44. The lowest BCUT2D eigenvalue weighted by molar-refractivity contribution is -0.140. The number of rotatable bonds is 4. The molecule has 2 aromatic rings. The van der Waals surface area contributed by atoms with Crippen LogP contribution in [0.5, 0.6) is 5.75 Å². The van der Waals surface area contributed by atoms with E-state index in [0.29, 0.717) is 16.9 Å². The maximum atomic E-state index is 13.1. The van der Waals surface area contributed by atoms with Gasteiger partial charge in [-0.25, -0.2) is 0 Å². The molecule has 0 radical (unpaired) electrons. The van der Waals surface area contributed by atoms with E-state index in [-0.39, 0.29) is 11.9 Å². The van der Waals surface area contributed by atoms with Gasteiger partial charge in [0.1, 0.15) is 11.7 Å². The molecule has 0 bridgehead atoms. The maximum Gasteiger partial charge on any atom is 0.313 e. The van der Waals surface area contributed by atoms with Crippen LogP contribution < -0.4 is 4.74 Å². The summed E-state index contributed by atoms with van der Waals surface area (Å²) in [6.45, 7) is 3.80. The van der Waals surface area contributed by atoms with E-state index in [2.05, 4.69) is 0 Å². The van der Waals surface area contributed by atoms with Crippen LogP contribution in [-0.2, 0) is 4.79 Å². The van der Waals surface area contributed by atoms with Crippen molar-refractivity contribution in [2.45, 2.75) is 31.8 Å². The van der Waals surface area contributed by atoms with Crippen molar-refractivity contribution < 1.29 is 19.4 Å². The van der Waals surface area contributed by atoms with E-state index in [9.17, 15) is 14.7 Å². The molecule has 0 aliphatic carbocycles. The molecule has 1 aliphatic rings. The van der Waals surface area contributed by atoms with Crippen molar-refractivity contribution in [3.05, 3.63) is 65.2 Å². The molecule has 2 unspecified atom stereocenters. The fourth-order valence-corrected chi connectivity index (χ4v) is 3.56. The smallest absolute Gasteiger partial charge is 0.313 e. The monoisotopic (exact) mass is 339 g/mol. The number of nitrogens with zero attached hydrogens (tertiary/aromatic N) is 1. The molecule has 0 saturated heterocycles. The van der Waals surface area contributed by atoms with Crippen LogP contribution in [0.1, 0.15) is 47.3 Å². The fraction of sp³-hybridized carbons (Fsp3) is 0.300. The van der Waals surface area contributed by atoms with E-state index >= 15 is 0 Å². The van der Waals surface area contributed by atoms with Gasteiger partial charge in [-0.3, -0.25) is 9.59 Å². The summed E-state index contributed by atoms with van der Waals surface area (Å²) in [5, 5.41) is 9.96. The van der Waals surface area contributed by atoms with Crippen LogP contribution in [0.15, 0.2) is 48.5 Å². The number of methoxy groups -OCH3 is 1. The third-order valence-electron chi connectivity index (χ3n) is 4.63. The van der Waals surface area contributed by atoms with Gasteiger partial charge in [-0.15, -0.1) is 0 Å². The van der Waals surface area contributed by atoms with E-state index in [0.717, 1.165) is 5.56 Å². The minimum atomic E-state index is -0.946. The van der Waals surface area contributed by atoms with Gasteiger partial charge >= 0.3 is 5.97 Å². The molecule has 1 amide bonds. The van der Waals surface area contributed by atoms with E-state index in [1.165, 1.54) is 0 Å². The summed E-state index contributed by atoms with van der Waals surface area (Å²) in [6.07, 6.45) is 0. The number of hydrogen-bond donors (Lipinski definition) is 1. The largest absolute Gasteiger partial charge is 0.497 e. The molecule has 0 aromatic heterocycles. The van der Waals surface area contributed by atoms with E-state index < -0.39 is 17.9 Å². The van der Waals surface area contributed by atoms with Gasteiger partial charge in [0.15, 0.2) is 0 Å². The number of ether oxygens (including phenoxy) is 1. The molecule has 0 saturated carbocycles. The minimum absolute atomic E-state index is 0.140. The number of carbonyl (C=O) groups is 2. The molecule has 2 atom stereocenters. The molecule has 1 aliphatic heterocycles. The topological polar surface area (TPSA) is 66.8 Å². The predicted octanol–water partition coefficient (Wildman–Crippen LogP) is 3.47. The van der Waals surface area contributed by atoms with Crippen LogP contribution in [0.4, 0.5) is 0 Å². The molecule has 130 valence electrons. The summed E-state index contributed by atoms with van der Waals surface area (Å²) in [6, 6.07) is 13.5.